The number of carboxylic acids is 1. The second kappa shape index (κ2) is 4.80. The van der Waals surface area contributed by atoms with Gasteiger partial charge in [-0.2, -0.15) is 0 Å². The van der Waals surface area contributed by atoms with Crippen molar-refractivity contribution in [2.45, 2.75) is 12.5 Å². The first-order valence-electron chi connectivity index (χ1n) is 5.14. The van der Waals surface area contributed by atoms with Gasteiger partial charge in [0.25, 0.3) is 0 Å². The molecule has 0 spiro atoms. The molecule has 0 amide bonds. The van der Waals surface area contributed by atoms with E-state index < -0.39 is 12.0 Å². The molecule has 5 nitrogen and oxygen atoms in total. The van der Waals surface area contributed by atoms with Crippen molar-refractivity contribution in [3.8, 4) is 11.5 Å². The number of aliphatic carboxylic acids is 1. The largest absolute Gasteiger partial charge is 0.480 e. The summed E-state index contributed by atoms with van der Waals surface area (Å²) in [4.78, 5) is 14.7. The summed E-state index contributed by atoms with van der Waals surface area (Å²) < 4.78 is 5.17. The average Bonchev–Trinajstić information content (AvgIpc) is 2.82. The van der Waals surface area contributed by atoms with Crippen LogP contribution in [0, 0.1) is 0 Å². The monoisotopic (exact) mass is 232 g/mol. The predicted molar refractivity (Wildman–Crippen MR) is 61.3 cm³/mol. The van der Waals surface area contributed by atoms with E-state index in [1.165, 1.54) is 6.26 Å². The lowest BCUT2D eigenvalue weighted by atomic mass is 10.0. The van der Waals surface area contributed by atoms with Crippen LogP contribution < -0.4 is 5.73 Å². The van der Waals surface area contributed by atoms with Crippen LogP contribution in [0.2, 0.25) is 0 Å². The van der Waals surface area contributed by atoms with Crippen molar-refractivity contribution in [2.24, 2.45) is 5.73 Å². The molecule has 88 valence electrons. The minimum Gasteiger partial charge on any atom is -0.480 e. The van der Waals surface area contributed by atoms with Crippen LogP contribution in [0.25, 0.3) is 11.5 Å². The zero-order chi connectivity index (χ0) is 12.3. The maximum atomic E-state index is 10.7. The van der Waals surface area contributed by atoms with Crippen LogP contribution in [-0.2, 0) is 11.2 Å². The fourth-order valence-electron chi connectivity index (χ4n) is 1.54. The van der Waals surface area contributed by atoms with Gasteiger partial charge in [-0.15, -0.1) is 0 Å². The molecule has 1 aromatic carbocycles. The number of oxazole rings is 1. The first kappa shape index (κ1) is 11.3. The van der Waals surface area contributed by atoms with Gasteiger partial charge < -0.3 is 15.3 Å². The summed E-state index contributed by atoms with van der Waals surface area (Å²) in [6.45, 7) is 0. The molecule has 5 heteroatoms. The van der Waals surface area contributed by atoms with Gasteiger partial charge in [-0.05, 0) is 24.1 Å². The second-order valence-electron chi connectivity index (χ2n) is 3.69. The Bertz CT molecular complexity index is 508. The molecule has 2 aromatic rings. The third-order valence-corrected chi connectivity index (χ3v) is 2.38. The molecule has 0 fully saturated rings. The summed E-state index contributed by atoms with van der Waals surface area (Å²) in [5.41, 5.74) is 7.13. The summed E-state index contributed by atoms with van der Waals surface area (Å²) in [6, 6.07) is 6.43. The lowest BCUT2D eigenvalue weighted by Crippen LogP contribution is -2.32. The Labute approximate surface area is 97.9 Å². The van der Waals surface area contributed by atoms with Crippen LogP contribution in [-0.4, -0.2) is 22.1 Å². The smallest absolute Gasteiger partial charge is 0.320 e. The molecule has 3 N–H and O–H groups in total. The minimum atomic E-state index is -1.01. The van der Waals surface area contributed by atoms with E-state index in [9.17, 15) is 4.79 Å². The quantitative estimate of drug-likeness (QED) is 0.829. The predicted octanol–water partition coefficient (Wildman–Crippen LogP) is 1.30. The standard InChI is InChI=1S/C12H12N2O3/c13-10(12(15)16)7-8-2-1-3-9(6-8)11-14-4-5-17-11/h1-6,10H,7,13H2,(H,15,16). The van der Waals surface area contributed by atoms with E-state index in [1.807, 2.05) is 24.3 Å². The Hall–Kier alpha value is -2.14. The molecule has 1 aromatic heterocycles. The second-order valence-corrected chi connectivity index (χ2v) is 3.69. The highest BCUT2D eigenvalue weighted by Gasteiger charge is 2.12. The van der Waals surface area contributed by atoms with Gasteiger partial charge in [0, 0.05) is 5.56 Å². The molecule has 17 heavy (non-hydrogen) atoms. The minimum absolute atomic E-state index is 0.282. The third-order valence-electron chi connectivity index (χ3n) is 2.38. The van der Waals surface area contributed by atoms with E-state index in [4.69, 9.17) is 15.3 Å². The third kappa shape index (κ3) is 2.70. The van der Waals surface area contributed by atoms with E-state index in [0.717, 1.165) is 11.1 Å². The number of rotatable bonds is 4. The van der Waals surface area contributed by atoms with Crippen LogP contribution in [0.3, 0.4) is 0 Å². The van der Waals surface area contributed by atoms with Crippen molar-refractivity contribution in [2.75, 3.05) is 0 Å². The van der Waals surface area contributed by atoms with Gasteiger partial charge in [-0.1, -0.05) is 12.1 Å². The first-order valence-corrected chi connectivity index (χ1v) is 5.14. The fourth-order valence-corrected chi connectivity index (χ4v) is 1.54. The van der Waals surface area contributed by atoms with Gasteiger partial charge in [0.1, 0.15) is 12.3 Å². The summed E-state index contributed by atoms with van der Waals surface area (Å²) in [6.07, 6.45) is 3.33. The van der Waals surface area contributed by atoms with Crippen molar-refractivity contribution < 1.29 is 14.3 Å². The molecule has 0 saturated carbocycles. The van der Waals surface area contributed by atoms with E-state index in [1.54, 1.807) is 6.20 Å². The molecule has 0 aliphatic heterocycles. The summed E-state index contributed by atoms with van der Waals surface area (Å²) >= 11 is 0. The zero-order valence-corrected chi connectivity index (χ0v) is 9.04. The number of hydrogen-bond donors (Lipinski definition) is 2. The van der Waals surface area contributed by atoms with Crippen LogP contribution in [0.5, 0.6) is 0 Å². The van der Waals surface area contributed by atoms with E-state index in [-0.39, 0.29) is 6.42 Å². The molecular weight excluding hydrogens is 220 g/mol. The number of hydrogen-bond acceptors (Lipinski definition) is 4. The topological polar surface area (TPSA) is 89.4 Å². The SMILES string of the molecule is NC(Cc1cccc(-c2ncco2)c1)C(=O)O. The molecule has 0 saturated heterocycles. The Morgan fingerprint density at radius 3 is 3.00 bits per heavy atom. The lowest BCUT2D eigenvalue weighted by Gasteiger charge is -2.07. The van der Waals surface area contributed by atoms with E-state index >= 15 is 0 Å². The molecule has 1 unspecified atom stereocenters. The van der Waals surface area contributed by atoms with Gasteiger partial charge in [-0.3, -0.25) is 4.79 Å². The number of aromatic nitrogens is 1. The molecule has 0 bridgehead atoms. The number of benzene rings is 1. The molecule has 0 aliphatic rings. The van der Waals surface area contributed by atoms with Crippen molar-refractivity contribution in [1.82, 2.24) is 4.98 Å². The Morgan fingerprint density at radius 2 is 2.35 bits per heavy atom. The highest BCUT2D eigenvalue weighted by Crippen LogP contribution is 2.18. The molecule has 2 rings (SSSR count). The number of nitrogens with two attached hydrogens (primary N) is 1. The highest BCUT2D eigenvalue weighted by molar-refractivity contribution is 5.73. The van der Waals surface area contributed by atoms with Gasteiger partial charge in [0.05, 0.1) is 6.20 Å². The molecule has 0 radical (unpaired) electrons. The fraction of sp³-hybridized carbons (Fsp3) is 0.167. The average molecular weight is 232 g/mol. The van der Waals surface area contributed by atoms with Crippen LogP contribution in [0.4, 0.5) is 0 Å². The van der Waals surface area contributed by atoms with Gasteiger partial charge >= 0.3 is 5.97 Å². The van der Waals surface area contributed by atoms with Crippen LogP contribution >= 0.6 is 0 Å². The maximum Gasteiger partial charge on any atom is 0.320 e. The van der Waals surface area contributed by atoms with E-state index in [2.05, 4.69) is 4.98 Å². The van der Waals surface area contributed by atoms with Gasteiger partial charge in [-0.25, -0.2) is 4.98 Å². The Kier molecular flexibility index (Phi) is 3.20. The maximum absolute atomic E-state index is 10.7. The number of carboxylic acid groups (broad SMARTS) is 1. The lowest BCUT2D eigenvalue weighted by molar-refractivity contribution is -0.138. The normalized spacial score (nSPS) is 12.3. The Morgan fingerprint density at radius 1 is 1.53 bits per heavy atom. The van der Waals surface area contributed by atoms with Crippen LogP contribution in [0.1, 0.15) is 5.56 Å². The van der Waals surface area contributed by atoms with Gasteiger partial charge in [0.15, 0.2) is 0 Å². The highest BCUT2D eigenvalue weighted by atomic mass is 16.4. The van der Waals surface area contributed by atoms with Crippen molar-refractivity contribution >= 4 is 5.97 Å². The first-order chi connectivity index (χ1) is 8.16. The zero-order valence-electron chi connectivity index (χ0n) is 9.04. The molecular formula is C12H12N2O3. The Balaban J connectivity index is 2.20. The van der Waals surface area contributed by atoms with Crippen molar-refractivity contribution in [3.63, 3.8) is 0 Å². The van der Waals surface area contributed by atoms with Crippen LogP contribution in [0.15, 0.2) is 41.1 Å². The van der Waals surface area contributed by atoms with Crippen molar-refractivity contribution in [1.29, 1.82) is 0 Å². The number of nitrogens with zero attached hydrogens (tertiary/aromatic N) is 1. The summed E-state index contributed by atoms with van der Waals surface area (Å²) in [7, 11) is 0. The molecule has 0 aliphatic carbocycles. The van der Waals surface area contributed by atoms with Crippen molar-refractivity contribution in [3.05, 3.63) is 42.3 Å². The summed E-state index contributed by atoms with van der Waals surface area (Å²) in [5.74, 6) is -0.498. The molecule has 1 atom stereocenters. The van der Waals surface area contributed by atoms with Gasteiger partial charge in [0.2, 0.25) is 5.89 Å². The number of carbonyl (C=O) groups is 1. The molecule has 1 heterocycles. The summed E-state index contributed by atoms with van der Waals surface area (Å²) in [5, 5.41) is 8.74. The van der Waals surface area contributed by atoms with E-state index in [0.29, 0.717) is 5.89 Å².